The number of hydrogen-bond acceptors (Lipinski definition) is 1. The van der Waals surface area contributed by atoms with Crippen LogP contribution in [0.25, 0.3) is 0 Å². The first kappa shape index (κ1) is 17.4. The number of hydrogen-bond donors (Lipinski definition) is 1. The minimum Gasteiger partial charge on any atom is -0.176 e. The van der Waals surface area contributed by atoms with E-state index in [2.05, 4.69) is 18.7 Å². The van der Waals surface area contributed by atoms with Gasteiger partial charge in [0.05, 0.1) is 0 Å². The van der Waals surface area contributed by atoms with Crippen LogP contribution in [0.15, 0.2) is 11.6 Å². The van der Waals surface area contributed by atoms with Gasteiger partial charge in [-0.1, -0.05) is 51.2 Å². The van der Waals surface area contributed by atoms with Crippen LogP contribution in [0.4, 0.5) is 0 Å². The largest absolute Gasteiger partial charge is 0.176 e. The Morgan fingerprint density at radius 1 is 0.762 bits per heavy atom. The second-order valence-electron chi connectivity index (χ2n) is 7.56. The topological polar surface area (TPSA) is 0 Å². The lowest BCUT2D eigenvalue weighted by Gasteiger charge is -2.36. The summed E-state index contributed by atoms with van der Waals surface area (Å²) in [5.74, 6) is 3.11. The summed E-state index contributed by atoms with van der Waals surface area (Å²) in [7, 11) is 0. The second-order valence-corrected chi connectivity index (χ2v) is 8.29. The Kier molecular flexibility index (Phi) is 7.19. The number of rotatable bonds is 2. The van der Waals surface area contributed by atoms with Crippen LogP contribution in [-0.4, -0.2) is 5.25 Å². The lowest BCUT2D eigenvalue weighted by atomic mass is 9.69. The van der Waals surface area contributed by atoms with E-state index < -0.39 is 0 Å². The fourth-order valence-electron chi connectivity index (χ4n) is 4.98. The number of thiol groups is 1. The highest BCUT2D eigenvalue weighted by atomic mass is 32.1. The first-order valence-electron chi connectivity index (χ1n) is 9.20. The van der Waals surface area contributed by atoms with Crippen molar-refractivity contribution in [2.75, 3.05) is 0 Å². The summed E-state index contributed by atoms with van der Waals surface area (Å²) in [5, 5.41) is 0.655. The predicted molar refractivity (Wildman–Crippen MR) is 98.1 cm³/mol. The Morgan fingerprint density at radius 2 is 1.43 bits per heavy atom. The third-order valence-electron chi connectivity index (χ3n) is 6.29. The molecule has 1 atom stereocenters. The van der Waals surface area contributed by atoms with Crippen LogP contribution in [0.2, 0.25) is 0 Å². The average Bonchev–Trinajstić information content (AvgIpc) is 2.73. The number of allylic oxidation sites excluding steroid dienone is 2. The molecule has 3 rings (SSSR count). The molecule has 0 bridgehead atoms. The van der Waals surface area contributed by atoms with Crippen molar-refractivity contribution in [3.05, 3.63) is 11.6 Å². The summed E-state index contributed by atoms with van der Waals surface area (Å²) in [6.07, 6.45) is 21.5. The summed E-state index contributed by atoms with van der Waals surface area (Å²) in [5.41, 5.74) is 1.81. The molecule has 0 N–H and O–H groups in total. The third-order valence-corrected chi connectivity index (χ3v) is 6.80. The quantitative estimate of drug-likeness (QED) is 0.420. The van der Waals surface area contributed by atoms with Crippen LogP contribution >= 0.6 is 12.6 Å². The molecule has 0 aromatic heterocycles. The van der Waals surface area contributed by atoms with Crippen LogP contribution in [0.3, 0.4) is 0 Å². The van der Waals surface area contributed by atoms with Crippen molar-refractivity contribution >= 4 is 12.6 Å². The van der Waals surface area contributed by atoms with Crippen molar-refractivity contribution in [2.45, 2.75) is 96.1 Å². The van der Waals surface area contributed by atoms with Gasteiger partial charge in [0, 0.05) is 5.25 Å². The average molecular weight is 309 g/mol. The van der Waals surface area contributed by atoms with Gasteiger partial charge in [0.1, 0.15) is 0 Å². The van der Waals surface area contributed by atoms with Gasteiger partial charge < -0.3 is 0 Å². The van der Waals surface area contributed by atoms with E-state index in [9.17, 15) is 0 Å². The van der Waals surface area contributed by atoms with Gasteiger partial charge in [-0.15, -0.1) is 0 Å². The fourth-order valence-corrected chi connectivity index (χ4v) is 5.26. The zero-order valence-electron chi connectivity index (χ0n) is 13.0. The maximum absolute atomic E-state index is 4.68. The Bertz CT molecular complexity index is 319. The molecular weight excluding hydrogens is 272 g/mol. The Balaban J connectivity index is 0.00000161. The highest BCUT2D eigenvalue weighted by Crippen LogP contribution is 2.43. The van der Waals surface area contributed by atoms with E-state index >= 15 is 0 Å². The zero-order chi connectivity index (χ0) is 13.8. The molecule has 1 heteroatoms. The molecule has 0 aliphatic heterocycles. The van der Waals surface area contributed by atoms with Crippen molar-refractivity contribution in [3.63, 3.8) is 0 Å². The molecule has 0 nitrogen and oxygen atoms in total. The lowest BCUT2D eigenvalue weighted by molar-refractivity contribution is 0.176. The van der Waals surface area contributed by atoms with Crippen molar-refractivity contribution in [2.24, 2.45) is 17.8 Å². The first-order chi connectivity index (χ1) is 9.83. The molecule has 3 aliphatic rings. The smallest absolute Gasteiger partial charge is 0.00228 e. The minimum atomic E-state index is 0. The molecule has 0 saturated heterocycles. The molecule has 0 spiro atoms. The molecule has 3 aliphatic carbocycles. The van der Waals surface area contributed by atoms with E-state index in [0.717, 1.165) is 17.8 Å². The highest BCUT2D eigenvalue weighted by Gasteiger charge is 2.30. The summed E-state index contributed by atoms with van der Waals surface area (Å²) < 4.78 is 0. The van der Waals surface area contributed by atoms with Gasteiger partial charge in [0.2, 0.25) is 0 Å². The summed E-state index contributed by atoms with van der Waals surface area (Å²) in [6.45, 7) is 0. The van der Waals surface area contributed by atoms with E-state index in [-0.39, 0.29) is 7.43 Å². The summed E-state index contributed by atoms with van der Waals surface area (Å²) in [4.78, 5) is 0. The van der Waals surface area contributed by atoms with E-state index in [1.54, 1.807) is 12.8 Å². The highest BCUT2D eigenvalue weighted by molar-refractivity contribution is 7.80. The Hall–Kier alpha value is 0.0900. The van der Waals surface area contributed by atoms with Crippen molar-refractivity contribution in [1.82, 2.24) is 0 Å². The van der Waals surface area contributed by atoms with Gasteiger partial charge >= 0.3 is 0 Å². The van der Waals surface area contributed by atoms with E-state index in [1.807, 2.05) is 5.57 Å². The van der Waals surface area contributed by atoms with E-state index in [4.69, 9.17) is 0 Å². The molecule has 21 heavy (non-hydrogen) atoms. The van der Waals surface area contributed by atoms with Crippen molar-refractivity contribution < 1.29 is 0 Å². The van der Waals surface area contributed by atoms with Crippen LogP contribution in [0, 0.1) is 17.8 Å². The molecule has 2 fully saturated rings. The van der Waals surface area contributed by atoms with Gasteiger partial charge in [-0.2, -0.15) is 12.6 Å². The molecular formula is C20H36S. The van der Waals surface area contributed by atoms with Gasteiger partial charge in [-0.05, 0) is 69.1 Å². The Labute approximate surface area is 138 Å². The lowest BCUT2D eigenvalue weighted by Crippen LogP contribution is -2.24. The van der Waals surface area contributed by atoms with Gasteiger partial charge in [0.25, 0.3) is 0 Å². The van der Waals surface area contributed by atoms with E-state index in [1.165, 1.54) is 70.6 Å². The van der Waals surface area contributed by atoms with E-state index in [0.29, 0.717) is 5.25 Å². The molecule has 0 amide bonds. The predicted octanol–water partition coefficient (Wildman–Crippen LogP) is 6.81. The standard InChI is InChI=1S/C19H32S.CH4/c20-19-8-4-7-16(13-14-19)18-11-9-17(10-12-18)15-5-2-1-3-6-15;/h7,15,17-20H,1-6,8-14H2;1H4. The molecule has 0 heterocycles. The summed E-state index contributed by atoms with van der Waals surface area (Å²) in [6, 6.07) is 0. The van der Waals surface area contributed by atoms with Gasteiger partial charge in [-0.25, -0.2) is 0 Å². The maximum Gasteiger partial charge on any atom is 0.00228 e. The van der Waals surface area contributed by atoms with Crippen molar-refractivity contribution in [3.8, 4) is 0 Å². The molecule has 122 valence electrons. The second kappa shape index (κ2) is 8.65. The molecule has 2 saturated carbocycles. The molecule has 0 radical (unpaired) electrons. The Morgan fingerprint density at radius 3 is 2.14 bits per heavy atom. The fraction of sp³-hybridized carbons (Fsp3) is 0.900. The SMILES string of the molecule is C.SC1CCC=C(C2CCC(C3CCCCC3)CC2)CC1. The van der Waals surface area contributed by atoms with Gasteiger partial charge in [-0.3, -0.25) is 0 Å². The maximum atomic E-state index is 4.68. The van der Waals surface area contributed by atoms with Crippen LogP contribution in [0.1, 0.15) is 90.9 Å². The van der Waals surface area contributed by atoms with Crippen molar-refractivity contribution in [1.29, 1.82) is 0 Å². The first-order valence-corrected chi connectivity index (χ1v) is 9.71. The molecule has 0 aromatic carbocycles. The monoisotopic (exact) mass is 308 g/mol. The van der Waals surface area contributed by atoms with Crippen LogP contribution < -0.4 is 0 Å². The molecule has 0 aromatic rings. The zero-order valence-corrected chi connectivity index (χ0v) is 13.9. The van der Waals surface area contributed by atoms with Gasteiger partial charge in [0.15, 0.2) is 0 Å². The van der Waals surface area contributed by atoms with Crippen LogP contribution in [-0.2, 0) is 0 Å². The minimum absolute atomic E-state index is 0. The molecule has 1 unspecified atom stereocenters. The summed E-state index contributed by atoms with van der Waals surface area (Å²) >= 11 is 4.68. The normalized spacial score (nSPS) is 35.5. The third kappa shape index (κ3) is 4.78. The van der Waals surface area contributed by atoms with Crippen LogP contribution in [0.5, 0.6) is 0 Å².